The highest BCUT2D eigenvalue weighted by Crippen LogP contribution is 2.28. The first kappa shape index (κ1) is 14.8. The summed E-state index contributed by atoms with van der Waals surface area (Å²) in [6.07, 6.45) is 1.26. The molecule has 0 bridgehead atoms. The van der Waals surface area contributed by atoms with Crippen LogP contribution in [-0.2, 0) is 11.3 Å². The zero-order valence-corrected chi connectivity index (χ0v) is 12.6. The summed E-state index contributed by atoms with van der Waals surface area (Å²) >= 11 is 0. The van der Waals surface area contributed by atoms with Gasteiger partial charge in [0, 0.05) is 19.6 Å². The number of nitrogens with zero attached hydrogens (tertiary/aromatic N) is 4. The fourth-order valence-electron chi connectivity index (χ4n) is 2.49. The van der Waals surface area contributed by atoms with E-state index in [-0.39, 0.29) is 5.90 Å². The fraction of sp³-hybridized carbons (Fsp3) is 0.188. The summed E-state index contributed by atoms with van der Waals surface area (Å²) < 4.78 is 5.17. The molecule has 2 aromatic rings. The van der Waals surface area contributed by atoms with Crippen LogP contribution in [0, 0.1) is 0 Å². The number of ether oxygens (including phenoxy) is 1. The third-order valence-electron chi connectivity index (χ3n) is 3.54. The van der Waals surface area contributed by atoms with Crippen LogP contribution < -0.4 is 16.1 Å². The van der Waals surface area contributed by atoms with Crippen LogP contribution in [0.5, 0.6) is 0 Å². The van der Waals surface area contributed by atoms with Crippen LogP contribution in [0.3, 0.4) is 0 Å². The predicted molar refractivity (Wildman–Crippen MR) is 90.0 cm³/mol. The third kappa shape index (κ3) is 3.23. The van der Waals surface area contributed by atoms with E-state index in [1.807, 2.05) is 24.3 Å². The lowest BCUT2D eigenvalue weighted by molar-refractivity contribution is 0.470. The summed E-state index contributed by atoms with van der Waals surface area (Å²) in [7, 11) is 0. The van der Waals surface area contributed by atoms with Gasteiger partial charge in [0.15, 0.2) is 11.5 Å². The highest BCUT2D eigenvalue weighted by Gasteiger charge is 2.21. The van der Waals surface area contributed by atoms with Gasteiger partial charge in [0.05, 0.1) is 11.9 Å². The zero-order chi connectivity index (χ0) is 16.1. The molecule has 1 aromatic heterocycles. The molecule has 7 nitrogen and oxygen atoms in total. The van der Waals surface area contributed by atoms with Gasteiger partial charge in [0.25, 0.3) is 5.90 Å². The zero-order valence-electron chi connectivity index (χ0n) is 12.6. The first-order valence-corrected chi connectivity index (χ1v) is 7.28. The fourth-order valence-corrected chi connectivity index (χ4v) is 2.49. The van der Waals surface area contributed by atoms with Gasteiger partial charge in [-0.3, -0.25) is 0 Å². The largest absolute Gasteiger partial charge is 0.445 e. The highest BCUT2D eigenvalue weighted by molar-refractivity contribution is 5.93. The van der Waals surface area contributed by atoms with Crippen molar-refractivity contribution in [1.82, 2.24) is 10.2 Å². The number of rotatable bonds is 4. The molecule has 1 aliphatic rings. The van der Waals surface area contributed by atoms with Crippen molar-refractivity contribution in [2.24, 2.45) is 10.9 Å². The summed E-state index contributed by atoms with van der Waals surface area (Å²) in [5, 5.41) is 15.1. The van der Waals surface area contributed by atoms with Crippen molar-refractivity contribution in [2.45, 2.75) is 6.54 Å². The van der Waals surface area contributed by atoms with Crippen molar-refractivity contribution in [3.8, 4) is 0 Å². The van der Waals surface area contributed by atoms with E-state index >= 15 is 0 Å². The van der Waals surface area contributed by atoms with Gasteiger partial charge < -0.3 is 20.8 Å². The molecule has 0 radical (unpaired) electrons. The average molecular weight is 310 g/mol. The molecular weight excluding hydrogens is 292 g/mol. The second kappa shape index (κ2) is 6.78. The van der Waals surface area contributed by atoms with E-state index in [0.29, 0.717) is 5.69 Å². The van der Waals surface area contributed by atoms with Crippen molar-refractivity contribution < 1.29 is 4.74 Å². The number of fused-ring (bicyclic) bond motifs is 1. The van der Waals surface area contributed by atoms with Crippen LogP contribution in [0.1, 0.15) is 11.3 Å². The average Bonchev–Trinajstić information content (AvgIpc) is 2.60. The Balaban J connectivity index is 1.91. The van der Waals surface area contributed by atoms with Gasteiger partial charge in [-0.2, -0.15) is 0 Å². The predicted octanol–water partition coefficient (Wildman–Crippen LogP) is 1.69. The third-order valence-corrected chi connectivity index (χ3v) is 3.54. The molecule has 0 amide bonds. The van der Waals surface area contributed by atoms with Gasteiger partial charge in [-0.15, -0.1) is 15.3 Å². The number of nitrogens with one attached hydrogen (secondary N) is 1. The molecule has 0 spiro atoms. The van der Waals surface area contributed by atoms with Crippen LogP contribution in [0.25, 0.3) is 0 Å². The first-order valence-electron chi connectivity index (χ1n) is 7.28. The van der Waals surface area contributed by atoms with E-state index in [1.165, 1.54) is 11.8 Å². The topological polar surface area (TPSA) is 88.7 Å². The standard InChI is InChI=1S/C16H18N6O/c1-2-23-16(19-17)13-10-14-15(21-20-13)18-8-9-22(14)11-12-6-4-3-5-7-12/h2-7,10H,1,8-9,11,17H2,(H,18,21)/b19-16-. The monoisotopic (exact) mass is 310 g/mol. The van der Waals surface area contributed by atoms with Gasteiger partial charge in [0.1, 0.15) is 0 Å². The maximum atomic E-state index is 5.34. The molecule has 0 saturated heterocycles. The first-order chi connectivity index (χ1) is 11.3. The number of hydrogen-bond acceptors (Lipinski definition) is 7. The molecule has 0 saturated carbocycles. The second-order valence-electron chi connectivity index (χ2n) is 5.02. The quantitative estimate of drug-likeness (QED) is 0.294. The lowest BCUT2D eigenvalue weighted by Gasteiger charge is -2.31. The normalized spacial score (nSPS) is 13.9. The van der Waals surface area contributed by atoms with Crippen LogP contribution in [0.15, 0.2) is 54.3 Å². The van der Waals surface area contributed by atoms with E-state index in [4.69, 9.17) is 10.6 Å². The van der Waals surface area contributed by atoms with Crippen molar-refractivity contribution in [3.05, 3.63) is 60.5 Å². The van der Waals surface area contributed by atoms with E-state index in [0.717, 1.165) is 31.1 Å². The van der Waals surface area contributed by atoms with Crippen molar-refractivity contribution >= 4 is 17.4 Å². The number of benzene rings is 1. The van der Waals surface area contributed by atoms with Crippen molar-refractivity contribution in [2.75, 3.05) is 23.3 Å². The molecule has 3 rings (SSSR count). The summed E-state index contributed by atoms with van der Waals surface area (Å²) in [6.45, 7) is 5.97. The maximum absolute atomic E-state index is 5.34. The number of hydrogen-bond donors (Lipinski definition) is 2. The Labute approximate surface area is 134 Å². The van der Waals surface area contributed by atoms with E-state index in [2.05, 4.69) is 44.2 Å². The Morgan fingerprint density at radius 2 is 2.22 bits per heavy atom. The Hall–Kier alpha value is -3.09. The number of aromatic nitrogens is 2. The summed E-state index contributed by atoms with van der Waals surface area (Å²) in [4.78, 5) is 2.24. The van der Waals surface area contributed by atoms with Crippen molar-refractivity contribution in [3.63, 3.8) is 0 Å². The number of nitrogens with two attached hydrogens (primary N) is 1. The summed E-state index contributed by atoms with van der Waals surface area (Å²) in [6, 6.07) is 12.1. The molecule has 2 heterocycles. The van der Waals surface area contributed by atoms with E-state index in [9.17, 15) is 0 Å². The Morgan fingerprint density at radius 1 is 1.39 bits per heavy atom. The SMILES string of the molecule is C=CO/C(=N\N)c1cc2c(nn1)NCCN2Cc1ccccc1. The minimum Gasteiger partial charge on any atom is -0.445 e. The van der Waals surface area contributed by atoms with E-state index in [1.54, 1.807) is 0 Å². The molecule has 118 valence electrons. The highest BCUT2D eigenvalue weighted by atomic mass is 16.5. The Morgan fingerprint density at radius 3 is 2.96 bits per heavy atom. The van der Waals surface area contributed by atoms with Gasteiger partial charge >= 0.3 is 0 Å². The van der Waals surface area contributed by atoms with Crippen LogP contribution in [0.2, 0.25) is 0 Å². The smallest absolute Gasteiger partial charge is 0.263 e. The molecule has 1 aliphatic heterocycles. The van der Waals surface area contributed by atoms with Crippen molar-refractivity contribution in [1.29, 1.82) is 0 Å². The molecule has 23 heavy (non-hydrogen) atoms. The van der Waals surface area contributed by atoms with Crippen LogP contribution >= 0.6 is 0 Å². The minimum atomic E-state index is 0.181. The Kier molecular flexibility index (Phi) is 4.37. The van der Waals surface area contributed by atoms with Crippen LogP contribution in [-0.4, -0.2) is 29.2 Å². The molecule has 0 unspecified atom stereocenters. The molecule has 0 fully saturated rings. The molecule has 7 heteroatoms. The Bertz CT molecular complexity index is 716. The lowest BCUT2D eigenvalue weighted by Crippen LogP contribution is -2.34. The second-order valence-corrected chi connectivity index (χ2v) is 5.02. The number of anilines is 2. The minimum absolute atomic E-state index is 0.181. The van der Waals surface area contributed by atoms with Gasteiger partial charge in [-0.05, 0) is 11.6 Å². The molecule has 0 atom stereocenters. The van der Waals surface area contributed by atoms with Gasteiger partial charge in [-0.1, -0.05) is 36.9 Å². The molecule has 0 aliphatic carbocycles. The lowest BCUT2D eigenvalue weighted by atomic mass is 10.2. The van der Waals surface area contributed by atoms with E-state index < -0.39 is 0 Å². The maximum Gasteiger partial charge on any atom is 0.263 e. The number of hydrazone groups is 1. The summed E-state index contributed by atoms with van der Waals surface area (Å²) in [5.41, 5.74) is 2.64. The van der Waals surface area contributed by atoms with Crippen LogP contribution in [0.4, 0.5) is 11.5 Å². The molecule has 1 aromatic carbocycles. The molecular formula is C16H18N6O. The van der Waals surface area contributed by atoms with Gasteiger partial charge in [0.2, 0.25) is 0 Å². The molecule has 3 N–H and O–H groups in total. The van der Waals surface area contributed by atoms with Gasteiger partial charge in [-0.25, -0.2) is 0 Å². The summed E-state index contributed by atoms with van der Waals surface area (Å²) in [5.74, 6) is 6.27.